The number of halogens is 1. The SMILES string of the molecule is CSc1nc(C)c(CCC(=O)OCC(=O)Nc2cc(Cl)ccc2-n2cncn2)c(C)n1. The van der Waals surface area contributed by atoms with E-state index in [9.17, 15) is 9.59 Å². The number of rotatable bonds is 8. The number of thioether (sulfide) groups is 1. The van der Waals surface area contributed by atoms with Crippen LogP contribution in [0.25, 0.3) is 5.69 Å². The van der Waals surface area contributed by atoms with Crippen molar-refractivity contribution in [2.45, 2.75) is 31.8 Å². The maximum absolute atomic E-state index is 12.3. The lowest BCUT2D eigenvalue weighted by molar-refractivity contribution is -0.147. The molecule has 0 saturated carbocycles. The molecule has 3 aromatic rings. The summed E-state index contributed by atoms with van der Waals surface area (Å²) in [7, 11) is 0. The van der Waals surface area contributed by atoms with Crippen LogP contribution in [-0.2, 0) is 20.7 Å². The Labute approximate surface area is 188 Å². The Bertz CT molecular complexity index is 1070. The normalized spacial score (nSPS) is 10.7. The van der Waals surface area contributed by atoms with E-state index < -0.39 is 18.5 Å². The smallest absolute Gasteiger partial charge is 0.306 e. The number of nitrogens with one attached hydrogen (secondary N) is 1. The fourth-order valence-electron chi connectivity index (χ4n) is 2.93. The predicted molar refractivity (Wildman–Crippen MR) is 118 cm³/mol. The lowest BCUT2D eigenvalue weighted by Crippen LogP contribution is -2.22. The summed E-state index contributed by atoms with van der Waals surface area (Å²) in [5.41, 5.74) is 3.60. The largest absolute Gasteiger partial charge is 0.456 e. The van der Waals surface area contributed by atoms with Crippen molar-refractivity contribution in [3.8, 4) is 5.69 Å². The van der Waals surface area contributed by atoms with Crippen molar-refractivity contribution in [1.29, 1.82) is 0 Å². The van der Waals surface area contributed by atoms with E-state index in [0.29, 0.717) is 28.0 Å². The van der Waals surface area contributed by atoms with E-state index >= 15 is 0 Å². The molecule has 2 aromatic heterocycles. The van der Waals surface area contributed by atoms with Crippen molar-refractivity contribution in [3.05, 3.63) is 52.8 Å². The molecule has 0 aliphatic heterocycles. The van der Waals surface area contributed by atoms with Gasteiger partial charge in [-0.2, -0.15) is 5.10 Å². The number of anilines is 1. The van der Waals surface area contributed by atoms with Gasteiger partial charge >= 0.3 is 5.97 Å². The number of hydrogen-bond donors (Lipinski definition) is 1. The van der Waals surface area contributed by atoms with Crippen LogP contribution in [0.1, 0.15) is 23.4 Å². The second-order valence-electron chi connectivity index (χ2n) is 6.57. The number of nitrogens with zero attached hydrogens (tertiary/aromatic N) is 5. The molecule has 0 unspecified atom stereocenters. The lowest BCUT2D eigenvalue weighted by atomic mass is 10.1. The van der Waals surface area contributed by atoms with Crippen molar-refractivity contribution in [3.63, 3.8) is 0 Å². The van der Waals surface area contributed by atoms with Crippen LogP contribution in [0.3, 0.4) is 0 Å². The number of esters is 1. The fourth-order valence-corrected chi connectivity index (χ4v) is 3.56. The van der Waals surface area contributed by atoms with Gasteiger partial charge in [0.25, 0.3) is 5.91 Å². The van der Waals surface area contributed by atoms with Gasteiger partial charge in [-0.05, 0) is 50.3 Å². The summed E-state index contributed by atoms with van der Waals surface area (Å²) in [4.78, 5) is 37.1. The van der Waals surface area contributed by atoms with Gasteiger partial charge < -0.3 is 10.1 Å². The third-order valence-electron chi connectivity index (χ3n) is 4.42. The molecule has 2 heterocycles. The summed E-state index contributed by atoms with van der Waals surface area (Å²) in [6.45, 7) is 3.36. The second kappa shape index (κ2) is 10.4. The molecule has 0 fully saturated rings. The van der Waals surface area contributed by atoms with Gasteiger partial charge in [0.05, 0.1) is 11.4 Å². The summed E-state index contributed by atoms with van der Waals surface area (Å²) in [6.07, 6.45) is 5.36. The first kappa shape index (κ1) is 22.7. The molecule has 9 nitrogen and oxygen atoms in total. The van der Waals surface area contributed by atoms with Crippen LogP contribution in [0.15, 0.2) is 36.0 Å². The van der Waals surface area contributed by atoms with Crippen LogP contribution in [-0.4, -0.2) is 49.5 Å². The van der Waals surface area contributed by atoms with E-state index in [4.69, 9.17) is 16.3 Å². The minimum atomic E-state index is -0.489. The minimum absolute atomic E-state index is 0.123. The van der Waals surface area contributed by atoms with Gasteiger partial charge in [-0.25, -0.2) is 19.6 Å². The van der Waals surface area contributed by atoms with Crippen molar-refractivity contribution >= 4 is 40.9 Å². The lowest BCUT2D eigenvalue weighted by Gasteiger charge is -2.12. The Balaban J connectivity index is 1.55. The topological polar surface area (TPSA) is 112 Å². The number of carbonyl (C=O) groups is 2. The van der Waals surface area contributed by atoms with Crippen molar-refractivity contribution in [1.82, 2.24) is 24.7 Å². The third kappa shape index (κ3) is 6.02. The van der Waals surface area contributed by atoms with Crippen LogP contribution < -0.4 is 5.32 Å². The van der Waals surface area contributed by atoms with E-state index in [1.165, 1.54) is 29.1 Å². The van der Waals surface area contributed by atoms with E-state index in [1.807, 2.05) is 20.1 Å². The van der Waals surface area contributed by atoms with E-state index in [-0.39, 0.29) is 6.42 Å². The molecule has 0 saturated heterocycles. The number of amides is 1. The molecule has 1 aromatic carbocycles. The summed E-state index contributed by atoms with van der Waals surface area (Å²) in [6, 6.07) is 4.96. The molecule has 11 heteroatoms. The van der Waals surface area contributed by atoms with Crippen LogP contribution in [0.4, 0.5) is 5.69 Å². The van der Waals surface area contributed by atoms with Gasteiger partial charge in [-0.3, -0.25) is 9.59 Å². The monoisotopic (exact) mass is 460 g/mol. The average molecular weight is 461 g/mol. The number of aryl methyl sites for hydroxylation is 2. The summed E-state index contributed by atoms with van der Waals surface area (Å²) < 4.78 is 6.61. The molecule has 1 N–H and O–H groups in total. The quantitative estimate of drug-likeness (QED) is 0.310. The Morgan fingerprint density at radius 3 is 2.61 bits per heavy atom. The molecule has 0 bridgehead atoms. The zero-order valence-corrected chi connectivity index (χ0v) is 18.8. The second-order valence-corrected chi connectivity index (χ2v) is 7.78. The van der Waals surface area contributed by atoms with Crippen molar-refractivity contribution < 1.29 is 14.3 Å². The van der Waals surface area contributed by atoms with E-state index in [1.54, 1.807) is 18.2 Å². The Morgan fingerprint density at radius 2 is 1.97 bits per heavy atom. The molecule has 162 valence electrons. The van der Waals surface area contributed by atoms with Gasteiger partial charge in [0.2, 0.25) is 0 Å². The van der Waals surface area contributed by atoms with Crippen molar-refractivity contribution in [2.24, 2.45) is 0 Å². The zero-order valence-electron chi connectivity index (χ0n) is 17.3. The summed E-state index contributed by atoms with van der Waals surface area (Å²) in [5, 5.41) is 7.88. The standard InChI is InChI=1S/C20H21ClN6O3S/c1-12-15(13(2)25-20(24-12)31-3)5-7-19(29)30-9-18(28)26-16-8-14(21)4-6-17(16)27-11-22-10-23-27/h4,6,8,10-11H,5,7,9H2,1-3H3,(H,26,28). The summed E-state index contributed by atoms with van der Waals surface area (Å²) >= 11 is 7.51. The minimum Gasteiger partial charge on any atom is -0.456 e. The molecule has 1 amide bonds. The van der Waals surface area contributed by atoms with E-state index in [2.05, 4.69) is 25.4 Å². The van der Waals surface area contributed by atoms with Gasteiger partial charge in [0.1, 0.15) is 12.7 Å². The molecular formula is C20H21ClN6O3S. The first-order chi connectivity index (χ1) is 14.9. The Morgan fingerprint density at radius 1 is 1.23 bits per heavy atom. The highest BCUT2D eigenvalue weighted by Gasteiger charge is 2.14. The predicted octanol–water partition coefficient (Wildman–Crippen LogP) is 3.16. The van der Waals surface area contributed by atoms with E-state index in [0.717, 1.165) is 17.0 Å². The molecule has 0 aliphatic carbocycles. The molecule has 0 radical (unpaired) electrons. The average Bonchev–Trinajstić information content (AvgIpc) is 3.26. The molecule has 3 rings (SSSR count). The fraction of sp³-hybridized carbons (Fsp3) is 0.300. The Hall–Kier alpha value is -2.98. The molecule has 31 heavy (non-hydrogen) atoms. The number of benzene rings is 1. The molecule has 0 atom stereocenters. The van der Waals surface area contributed by atoms with Crippen LogP contribution >= 0.6 is 23.4 Å². The zero-order chi connectivity index (χ0) is 22.4. The maximum Gasteiger partial charge on any atom is 0.306 e. The number of hydrogen-bond acceptors (Lipinski definition) is 8. The number of carbonyl (C=O) groups excluding carboxylic acids is 2. The summed E-state index contributed by atoms with van der Waals surface area (Å²) in [5.74, 6) is -0.970. The van der Waals surface area contributed by atoms with Crippen LogP contribution in [0, 0.1) is 13.8 Å². The van der Waals surface area contributed by atoms with Gasteiger partial charge in [0, 0.05) is 22.8 Å². The highest BCUT2D eigenvalue weighted by Crippen LogP contribution is 2.24. The molecule has 0 aliphatic rings. The number of ether oxygens (including phenoxy) is 1. The van der Waals surface area contributed by atoms with Crippen molar-refractivity contribution in [2.75, 3.05) is 18.2 Å². The highest BCUT2D eigenvalue weighted by atomic mass is 35.5. The first-order valence-electron chi connectivity index (χ1n) is 9.35. The number of aromatic nitrogens is 5. The van der Waals surface area contributed by atoms with Crippen LogP contribution in [0.5, 0.6) is 0 Å². The van der Waals surface area contributed by atoms with Gasteiger partial charge in [-0.1, -0.05) is 23.4 Å². The molecular weight excluding hydrogens is 440 g/mol. The first-order valence-corrected chi connectivity index (χ1v) is 11.0. The Kier molecular flexibility index (Phi) is 7.59. The third-order valence-corrected chi connectivity index (χ3v) is 5.21. The highest BCUT2D eigenvalue weighted by molar-refractivity contribution is 7.98. The molecule has 0 spiro atoms. The van der Waals surface area contributed by atoms with Gasteiger partial charge in [0.15, 0.2) is 11.8 Å². The van der Waals surface area contributed by atoms with Crippen LogP contribution in [0.2, 0.25) is 5.02 Å². The van der Waals surface area contributed by atoms with Gasteiger partial charge in [-0.15, -0.1) is 0 Å². The maximum atomic E-state index is 12.3.